The molecule has 2 aromatic rings. The van der Waals surface area contributed by atoms with E-state index in [0.29, 0.717) is 18.7 Å². The van der Waals surface area contributed by atoms with E-state index in [9.17, 15) is 18.0 Å². The summed E-state index contributed by atoms with van der Waals surface area (Å²) in [6.07, 6.45) is 0.560. The molecule has 11 heteroatoms. The predicted molar refractivity (Wildman–Crippen MR) is 117 cm³/mol. The fourth-order valence-corrected chi connectivity index (χ4v) is 4.43. The van der Waals surface area contributed by atoms with Crippen molar-refractivity contribution in [3.8, 4) is 11.5 Å². The maximum Gasteiger partial charge on any atom is 0.335 e. The Morgan fingerprint density at radius 3 is 2.16 bits per heavy atom. The van der Waals surface area contributed by atoms with Crippen LogP contribution in [0.4, 0.5) is 4.79 Å². The molecule has 10 nitrogen and oxygen atoms in total. The summed E-state index contributed by atoms with van der Waals surface area (Å²) >= 11 is 0. The Labute approximate surface area is 186 Å². The summed E-state index contributed by atoms with van der Waals surface area (Å²) in [5.41, 5.74) is 6.82. The first kappa shape index (κ1) is 23.4. The molecule has 0 radical (unpaired) electrons. The molecule has 3 amide bonds. The molecule has 1 atom stereocenters. The van der Waals surface area contributed by atoms with Crippen LogP contribution in [0.3, 0.4) is 0 Å². The highest BCUT2D eigenvalue weighted by atomic mass is 32.2. The minimum Gasteiger partial charge on any atom is -0.497 e. The Morgan fingerprint density at radius 1 is 1.06 bits per heavy atom. The number of nitrogens with two attached hydrogens (primary N) is 1. The van der Waals surface area contributed by atoms with Crippen LogP contribution in [0.2, 0.25) is 0 Å². The first-order valence-electron chi connectivity index (χ1n) is 9.86. The van der Waals surface area contributed by atoms with Gasteiger partial charge in [-0.3, -0.25) is 4.79 Å². The number of benzene rings is 2. The Kier molecular flexibility index (Phi) is 7.21. The summed E-state index contributed by atoms with van der Waals surface area (Å²) in [6, 6.07) is 13.8. The van der Waals surface area contributed by atoms with Gasteiger partial charge in [-0.15, -0.1) is 4.83 Å². The number of rotatable bonds is 10. The second-order valence-electron chi connectivity index (χ2n) is 7.29. The average Bonchev–Trinajstić information content (AvgIpc) is 3.06. The van der Waals surface area contributed by atoms with Crippen LogP contribution in [-0.2, 0) is 21.2 Å². The SMILES string of the molecule is COc1ccc(CCN2C(=O)N(NS(=O)(=O)CC(N)=O)CC2c2ccc(OC)cc2)cc1. The van der Waals surface area contributed by atoms with Crippen molar-refractivity contribution in [2.75, 3.05) is 33.1 Å². The van der Waals surface area contributed by atoms with E-state index in [1.54, 1.807) is 31.3 Å². The maximum atomic E-state index is 13.1. The molecule has 1 saturated heterocycles. The standard InChI is InChI=1S/C21H26N4O6S/c1-30-17-7-3-15(4-8-17)11-12-24-19(16-5-9-18(31-2)10-6-16)13-25(21(24)27)23-32(28,29)14-20(22)26/h3-10,19,23H,11-14H2,1-2H3,(H2,22,26). The summed E-state index contributed by atoms with van der Waals surface area (Å²) in [6.45, 7) is 0.432. The van der Waals surface area contributed by atoms with Gasteiger partial charge in [0.25, 0.3) is 0 Å². The third kappa shape index (κ3) is 5.68. The molecule has 1 unspecified atom stereocenters. The number of urea groups is 1. The molecule has 32 heavy (non-hydrogen) atoms. The van der Waals surface area contributed by atoms with Crippen LogP contribution >= 0.6 is 0 Å². The zero-order valence-corrected chi connectivity index (χ0v) is 18.7. The summed E-state index contributed by atoms with van der Waals surface area (Å²) in [4.78, 5) is 27.9. The Hall–Kier alpha value is -3.31. The minimum atomic E-state index is -4.09. The van der Waals surface area contributed by atoms with Crippen molar-refractivity contribution in [3.63, 3.8) is 0 Å². The van der Waals surface area contributed by atoms with Crippen LogP contribution in [0, 0.1) is 0 Å². The topological polar surface area (TPSA) is 131 Å². The van der Waals surface area contributed by atoms with Crippen LogP contribution in [-0.4, -0.2) is 63.3 Å². The minimum absolute atomic E-state index is 0.0752. The maximum absolute atomic E-state index is 13.1. The zero-order valence-electron chi connectivity index (χ0n) is 17.9. The van der Waals surface area contributed by atoms with Gasteiger partial charge in [0.15, 0.2) is 0 Å². The van der Waals surface area contributed by atoms with Gasteiger partial charge >= 0.3 is 6.03 Å². The molecule has 0 aliphatic carbocycles. The van der Waals surface area contributed by atoms with Gasteiger partial charge in [-0.2, -0.15) is 0 Å². The van der Waals surface area contributed by atoms with Crippen molar-refractivity contribution in [1.82, 2.24) is 14.7 Å². The summed E-state index contributed by atoms with van der Waals surface area (Å²) in [5, 5.41) is 1.00. The van der Waals surface area contributed by atoms with Crippen molar-refractivity contribution >= 4 is 22.0 Å². The molecular formula is C21H26N4O6S. The third-order valence-corrected chi connectivity index (χ3v) is 6.25. The molecule has 1 fully saturated rings. The number of sulfonamides is 1. The number of carbonyl (C=O) groups is 2. The van der Waals surface area contributed by atoms with E-state index in [1.807, 2.05) is 36.4 Å². The lowest BCUT2D eigenvalue weighted by atomic mass is 10.1. The third-order valence-electron chi connectivity index (χ3n) is 5.09. The molecule has 0 bridgehead atoms. The van der Waals surface area contributed by atoms with Crippen molar-refractivity contribution in [2.45, 2.75) is 12.5 Å². The largest absolute Gasteiger partial charge is 0.497 e. The lowest BCUT2D eigenvalue weighted by molar-refractivity contribution is -0.115. The number of ether oxygens (including phenoxy) is 2. The molecule has 3 N–H and O–H groups in total. The quantitative estimate of drug-likeness (QED) is 0.543. The fraction of sp³-hybridized carbons (Fsp3) is 0.333. The van der Waals surface area contributed by atoms with E-state index in [0.717, 1.165) is 21.9 Å². The van der Waals surface area contributed by atoms with Gasteiger partial charge < -0.3 is 20.1 Å². The highest BCUT2D eigenvalue weighted by molar-refractivity contribution is 7.90. The highest BCUT2D eigenvalue weighted by Crippen LogP contribution is 2.30. The number of hydrogen-bond acceptors (Lipinski definition) is 6. The molecule has 0 aromatic heterocycles. The van der Waals surface area contributed by atoms with E-state index >= 15 is 0 Å². The normalized spacial score (nSPS) is 16.3. The van der Waals surface area contributed by atoms with E-state index in [2.05, 4.69) is 4.83 Å². The van der Waals surface area contributed by atoms with Crippen LogP contribution in [0.5, 0.6) is 11.5 Å². The highest BCUT2D eigenvalue weighted by Gasteiger charge is 2.39. The Morgan fingerprint density at radius 2 is 1.62 bits per heavy atom. The number of hydrazine groups is 1. The fourth-order valence-electron chi connectivity index (χ4n) is 3.51. The number of carbonyl (C=O) groups excluding carboxylic acids is 2. The van der Waals surface area contributed by atoms with Crippen molar-refractivity contribution in [3.05, 3.63) is 59.7 Å². The number of methoxy groups -OCH3 is 2. The molecule has 3 rings (SSSR count). The summed E-state index contributed by atoms with van der Waals surface area (Å²) < 4.78 is 34.7. The number of hydrogen-bond donors (Lipinski definition) is 2. The first-order valence-corrected chi connectivity index (χ1v) is 11.5. The second-order valence-corrected chi connectivity index (χ2v) is 8.99. The van der Waals surface area contributed by atoms with Gasteiger partial charge in [-0.05, 0) is 41.8 Å². The molecule has 0 saturated carbocycles. The van der Waals surface area contributed by atoms with Gasteiger partial charge in [-0.25, -0.2) is 18.2 Å². The van der Waals surface area contributed by atoms with Gasteiger partial charge in [0.2, 0.25) is 15.9 Å². The zero-order chi connectivity index (χ0) is 23.3. The van der Waals surface area contributed by atoms with Gasteiger partial charge in [0, 0.05) is 6.54 Å². The van der Waals surface area contributed by atoms with Crippen LogP contribution in [0.1, 0.15) is 17.2 Å². The molecule has 2 aromatic carbocycles. The first-order chi connectivity index (χ1) is 15.2. The summed E-state index contributed by atoms with van der Waals surface area (Å²) in [5.74, 6) is -0.512. The summed E-state index contributed by atoms with van der Waals surface area (Å²) in [7, 11) is -0.943. The second kappa shape index (κ2) is 9.88. The Bertz CT molecular complexity index is 1060. The molecule has 172 valence electrons. The predicted octanol–water partition coefficient (Wildman–Crippen LogP) is 1.04. The van der Waals surface area contributed by atoms with E-state index < -0.39 is 33.8 Å². The molecule has 1 heterocycles. The van der Waals surface area contributed by atoms with Crippen LogP contribution in [0.25, 0.3) is 0 Å². The number of primary amides is 1. The molecule has 1 aliphatic heterocycles. The number of nitrogens with zero attached hydrogens (tertiary/aromatic N) is 2. The van der Waals surface area contributed by atoms with E-state index in [-0.39, 0.29) is 6.54 Å². The van der Waals surface area contributed by atoms with E-state index in [4.69, 9.17) is 15.2 Å². The van der Waals surface area contributed by atoms with Crippen molar-refractivity contribution in [1.29, 1.82) is 0 Å². The molecule has 0 spiro atoms. The Balaban J connectivity index is 1.81. The lowest BCUT2D eigenvalue weighted by Gasteiger charge is -2.23. The average molecular weight is 463 g/mol. The van der Waals surface area contributed by atoms with Gasteiger partial charge in [0.05, 0.1) is 26.8 Å². The van der Waals surface area contributed by atoms with Crippen LogP contribution in [0.15, 0.2) is 48.5 Å². The smallest absolute Gasteiger partial charge is 0.335 e. The lowest BCUT2D eigenvalue weighted by Crippen LogP contribution is -2.47. The van der Waals surface area contributed by atoms with Crippen molar-refractivity contribution in [2.24, 2.45) is 5.73 Å². The van der Waals surface area contributed by atoms with Gasteiger partial charge in [0.1, 0.15) is 17.3 Å². The van der Waals surface area contributed by atoms with E-state index in [1.165, 1.54) is 0 Å². The molecule has 1 aliphatic rings. The molecular weight excluding hydrogens is 436 g/mol. The number of amides is 3. The van der Waals surface area contributed by atoms with Crippen molar-refractivity contribution < 1.29 is 27.5 Å². The number of nitrogens with one attached hydrogen (secondary N) is 1. The monoisotopic (exact) mass is 462 g/mol. The van der Waals surface area contributed by atoms with Crippen LogP contribution < -0.4 is 20.0 Å². The van der Waals surface area contributed by atoms with Gasteiger partial charge in [-0.1, -0.05) is 24.3 Å².